The third kappa shape index (κ3) is 5.27. The van der Waals surface area contributed by atoms with Gasteiger partial charge < -0.3 is 4.74 Å². The second-order valence-electron chi connectivity index (χ2n) is 5.46. The fourth-order valence-corrected chi connectivity index (χ4v) is 4.14. The van der Waals surface area contributed by atoms with Gasteiger partial charge in [0.1, 0.15) is 12.4 Å². The highest BCUT2D eigenvalue weighted by Crippen LogP contribution is 2.18. The monoisotopic (exact) mass is 462 g/mol. The molecule has 0 fully saturated rings. The standard InChI is InChI=1S/C16H19BrN2O5S2/c1-19(2)26(22,23)16-9-5-14(6-10-16)24-12-11-18-25(20,21)15-7-3-13(17)4-8-15/h3-10,18H,11-12H2,1-2H3. The molecule has 0 radical (unpaired) electrons. The summed E-state index contributed by atoms with van der Waals surface area (Å²) in [4.78, 5) is 0.324. The summed E-state index contributed by atoms with van der Waals surface area (Å²) >= 11 is 3.25. The van der Waals surface area contributed by atoms with Gasteiger partial charge in [-0.25, -0.2) is 25.9 Å². The summed E-state index contributed by atoms with van der Waals surface area (Å²) in [6.45, 7) is 0.186. The number of halogens is 1. The molecule has 0 aliphatic rings. The van der Waals surface area contributed by atoms with Crippen LogP contribution in [-0.2, 0) is 20.0 Å². The molecule has 0 unspecified atom stereocenters. The van der Waals surface area contributed by atoms with Crippen LogP contribution in [-0.4, -0.2) is 48.4 Å². The van der Waals surface area contributed by atoms with E-state index in [1.54, 1.807) is 12.1 Å². The van der Waals surface area contributed by atoms with Crippen molar-refractivity contribution in [2.45, 2.75) is 9.79 Å². The Morgan fingerprint density at radius 1 is 0.923 bits per heavy atom. The second kappa shape index (κ2) is 8.49. The molecular formula is C16H19BrN2O5S2. The van der Waals surface area contributed by atoms with Gasteiger partial charge in [-0.2, -0.15) is 0 Å². The SMILES string of the molecule is CN(C)S(=O)(=O)c1ccc(OCCNS(=O)(=O)c2ccc(Br)cc2)cc1. The van der Waals surface area contributed by atoms with Gasteiger partial charge in [0.05, 0.1) is 9.79 Å². The first-order valence-electron chi connectivity index (χ1n) is 7.53. The van der Waals surface area contributed by atoms with E-state index < -0.39 is 20.0 Å². The second-order valence-corrected chi connectivity index (χ2v) is 10.3. The molecule has 0 spiro atoms. The Labute approximate surface area is 162 Å². The van der Waals surface area contributed by atoms with Gasteiger partial charge in [0.15, 0.2) is 0 Å². The quantitative estimate of drug-likeness (QED) is 0.605. The van der Waals surface area contributed by atoms with E-state index in [0.717, 1.165) is 8.78 Å². The Bertz CT molecular complexity index is 941. The number of benzene rings is 2. The maximum absolute atomic E-state index is 12.1. The van der Waals surface area contributed by atoms with Crippen molar-refractivity contribution in [1.29, 1.82) is 0 Å². The van der Waals surface area contributed by atoms with E-state index in [2.05, 4.69) is 20.7 Å². The van der Waals surface area contributed by atoms with Gasteiger partial charge in [0.2, 0.25) is 20.0 Å². The van der Waals surface area contributed by atoms with Crippen molar-refractivity contribution >= 4 is 36.0 Å². The lowest BCUT2D eigenvalue weighted by Gasteiger charge is -2.12. The summed E-state index contributed by atoms with van der Waals surface area (Å²) in [6, 6.07) is 12.2. The summed E-state index contributed by atoms with van der Waals surface area (Å²) in [5.74, 6) is 0.450. The number of nitrogens with one attached hydrogen (secondary N) is 1. The third-order valence-electron chi connectivity index (χ3n) is 3.39. The molecule has 0 heterocycles. The van der Waals surface area contributed by atoms with E-state index in [4.69, 9.17) is 4.74 Å². The Kier molecular flexibility index (Phi) is 6.80. The third-order valence-corrected chi connectivity index (χ3v) is 7.22. The highest BCUT2D eigenvalue weighted by Gasteiger charge is 2.17. The van der Waals surface area contributed by atoms with Crippen molar-refractivity contribution in [1.82, 2.24) is 9.03 Å². The number of hydrogen-bond acceptors (Lipinski definition) is 5. The lowest BCUT2D eigenvalue weighted by atomic mass is 10.3. The van der Waals surface area contributed by atoms with Gasteiger partial charge >= 0.3 is 0 Å². The van der Waals surface area contributed by atoms with Crippen LogP contribution in [0, 0.1) is 0 Å². The predicted molar refractivity (Wildman–Crippen MR) is 102 cm³/mol. The summed E-state index contributed by atoms with van der Waals surface area (Å²) < 4.78 is 58.0. The zero-order valence-corrected chi connectivity index (χ0v) is 17.4. The maximum atomic E-state index is 12.1. The molecule has 1 N–H and O–H groups in total. The Balaban J connectivity index is 1.89. The first kappa shape index (κ1) is 20.8. The topological polar surface area (TPSA) is 92.8 Å². The first-order chi connectivity index (χ1) is 12.1. The molecule has 142 valence electrons. The van der Waals surface area contributed by atoms with Crippen LogP contribution in [0.15, 0.2) is 62.8 Å². The molecule has 0 saturated heterocycles. The minimum atomic E-state index is -3.60. The highest BCUT2D eigenvalue weighted by atomic mass is 79.9. The van der Waals surface area contributed by atoms with Crippen molar-refractivity contribution < 1.29 is 21.6 Å². The number of nitrogens with zero attached hydrogens (tertiary/aromatic N) is 1. The van der Waals surface area contributed by atoms with E-state index in [9.17, 15) is 16.8 Å². The van der Waals surface area contributed by atoms with Gasteiger partial charge in [-0.05, 0) is 48.5 Å². The molecular weight excluding hydrogens is 444 g/mol. The Morgan fingerprint density at radius 3 is 2.00 bits per heavy atom. The molecule has 0 aliphatic carbocycles. The smallest absolute Gasteiger partial charge is 0.242 e. The molecule has 7 nitrogen and oxygen atoms in total. The van der Waals surface area contributed by atoms with Gasteiger partial charge in [-0.1, -0.05) is 15.9 Å². The van der Waals surface area contributed by atoms with Crippen LogP contribution >= 0.6 is 15.9 Å². The molecule has 2 aromatic carbocycles. The number of rotatable bonds is 8. The molecule has 2 aromatic rings. The fourth-order valence-electron chi connectivity index (χ4n) is 1.96. The van der Waals surface area contributed by atoms with Crippen LogP contribution in [0.25, 0.3) is 0 Å². The van der Waals surface area contributed by atoms with E-state index >= 15 is 0 Å². The van der Waals surface area contributed by atoms with Crippen molar-refractivity contribution in [3.05, 3.63) is 53.0 Å². The van der Waals surface area contributed by atoms with Crippen LogP contribution in [0.1, 0.15) is 0 Å². The molecule has 10 heteroatoms. The maximum Gasteiger partial charge on any atom is 0.242 e. The fraction of sp³-hybridized carbons (Fsp3) is 0.250. The van der Waals surface area contributed by atoms with Crippen LogP contribution < -0.4 is 9.46 Å². The minimum Gasteiger partial charge on any atom is -0.492 e. The number of hydrogen-bond donors (Lipinski definition) is 1. The average Bonchev–Trinajstić information content (AvgIpc) is 2.59. The lowest BCUT2D eigenvalue weighted by Crippen LogP contribution is -2.28. The van der Waals surface area contributed by atoms with E-state index in [0.29, 0.717) is 5.75 Å². The highest BCUT2D eigenvalue weighted by molar-refractivity contribution is 9.10. The summed E-state index contributed by atoms with van der Waals surface area (Å²) in [5.41, 5.74) is 0. The molecule has 26 heavy (non-hydrogen) atoms. The van der Waals surface area contributed by atoms with Crippen LogP contribution in [0.3, 0.4) is 0 Å². The first-order valence-corrected chi connectivity index (χ1v) is 11.3. The molecule has 0 bridgehead atoms. The van der Waals surface area contributed by atoms with Crippen molar-refractivity contribution in [2.75, 3.05) is 27.2 Å². The van der Waals surface area contributed by atoms with Gasteiger partial charge in [0.25, 0.3) is 0 Å². The molecule has 0 saturated carbocycles. The van der Waals surface area contributed by atoms with Crippen LogP contribution in [0.5, 0.6) is 5.75 Å². The molecule has 0 aliphatic heterocycles. The molecule has 0 aromatic heterocycles. The van der Waals surface area contributed by atoms with Gasteiger partial charge in [-0.15, -0.1) is 0 Å². The zero-order valence-electron chi connectivity index (χ0n) is 14.2. The van der Waals surface area contributed by atoms with Crippen molar-refractivity contribution in [3.8, 4) is 5.75 Å². The zero-order chi connectivity index (χ0) is 19.4. The van der Waals surface area contributed by atoms with Crippen molar-refractivity contribution in [3.63, 3.8) is 0 Å². The largest absolute Gasteiger partial charge is 0.492 e. The van der Waals surface area contributed by atoms with Crippen LogP contribution in [0.2, 0.25) is 0 Å². The van der Waals surface area contributed by atoms with Crippen LogP contribution in [0.4, 0.5) is 0 Å². The number of sulfonamides is 2. The molecule has 2 rings (SSSR count). The molecule has 0 atom stereocenters. The average molecular weight is 463 g/mol. The molecule has 0 amide bonds. The normalized spacial score (nSPS) is 12.3. The van der Waals surface area contributed by atoms with Gasteiger partial charge in [-0.3, -0.25) is 0 Å². The van der Waals surface area contributed by atoms with E-state index in [1.807, 2.05) is 0 Å². The van der Waals surface area contributed by atoms with E-state index in [-0.39, 0.29) is 22.9 Å². The Morgan fingerprint density at radius 2 is 1.46 bits per heavy atom. The lowest BCUT2D eigenvalue weighted by molar-refractivity contribution is 0.322. The summed E-state index contributed by atoms with van der Waals surface area (Å²) in [7, 11) is -4.18. The van der Waals surface area contributed by atoms with Gasteiger partial charge in [0, 0.05) is 25.1 Å². The summed E-state index contributed by atoms with van der Waals surface area (Å²) in [5, 5.41) is 0. The summed E-state index contributed by atoms with van der Waals surface area (Å²) in [6.07, 6.45) is 0. The minimum absolute atomic E-state index is 0.0795. The number of ether oxygens (including phenoxy) is 1. The Hall–Kier alpha value is -1.46. The predicted octanol–water partition coefficient (Wildman–Crippen LogP) is 2.06. The van der Waals surface area contributed by atoms with E-state index in [1.165, 1.54) is 50.5 Å². The van der Waals surface area contributed by atoms with Crippen molar-refractivity contribution in [2.24, 2.45) is 0 Å².